The van der Waals surface area contributed by atoms with Crippen molar-refractivity contribution >= 4 is 11.4 Å². The van der Waals surface area contributed by atoms with Gasteiger partial charge in [0.2, 0.25) is 0 Å². The first-order valence-electron chi connectivity index (χ1n) is 8.00. The number of benzene rings is 1. The molecule has 21 heavy (non-hydrogen) atoms. The number of hydrogen-bond donors (Lipinski definition) is 3. The van der Waals surface area contributed by atoms with Gasteiger partial charge in [0.1, 0.15) is 5.75 Å². The largest absolute Gasteiger partial charge is 0.491 e. The molecule has 1 aromatic carbocycles. The minimum Gasteiger partial charge on any atom is -0.491 e. The van der Waals surface area contributed by atoms with E-state index in [1.54, 1.807) is 0 Å². The van der Waals surface area contributed by atoms with Crippen molar-refractivity contribution in [2.75, 3.05) is 24.3 Å². The van der Waals surface area contributed by atoms with Crippen molar-refractivity contribution in [1.29, 1.82) is 0 Å². The fourth-order valence-corrected chi connectivity index (χ4v) is 2.89. The Morgan fingerprint density at radius 1 is 1.38 bits per heavy atom. The van der Waals surface area contributed by atoms with E-state index in [1.165, 1.54) is 0 Å². The minimum atomic E-state index is -0.204. The van der Waals surface area contributed by atoms with Gasteiger partial charge in [-0.15, -0.1) is 0 Å². The van der Waals surface area contributed by atoms with Gasteiger partial charge in [-0.25, -0.2) is 0 Å². The zero-order valence-electron chi connectivity index (χ0n) is 13.2. The number of nitrogens with two attached hydrogens (primary N) is 1. The molecule has 0 amide bonds. The maximum absolute atomic E-state index is 9.84. The smallest absolute Gasteiger partial charge is 0.144 e. The molecule has 4 heteroatoms. The summed E-state index contributed by atoms with van der Waals surface area (Å²) in [5.41, 5.74) is 7.37. The SMILES string of the molecule is CCCOc1cc(NC2(CO)CCC(C)CC2)ccc1N. The summed E-state index contributed by atoms with van der Waals surface area (Å²) in [6, 6.07) is 5.77. The second-order valence-corrected chi connectivity index (χ2v) is 6.35. The molecule has 1 aromatic rings. The van der Waals surface area contributed by atoms with E-state index >= 15 is 0 Å². The molecule has 0 aliphatic heterocycles. The van der Waals surface area contributed by atoms with Gasteiger partial charge in [0.05, 0.1) is 24.4 Å². The summed E-state index contributed by atoms with van der Waals surface area (Å²) in [6.45, 7) is 5.18. The van der Waals surface area contributed by atoms with Gasteiger partial charge in [0.15, 0.2) is 0 Å². The molecule has 1 saturated carbocycles. The molecule has 0 bridgehead atoms. The van der Waals surface area contributed by atoms with Gasteiger partial charge in [0.25, 0.3) is 0 Å². The molecule has 1 fully saturated rings. The molecule has 0 radical (unpaired) electrons. The average molecular weight is 292 g/mol. The third-order valence-corrected chi connectivity index (χ3v) is 4.42. The molecule has 0 spiro atoms. The predicted molar refractivity (Wildman–Crippen MR) is 87.7 cm³/mol. The summed E-state index contributed by atoms with van der Waals surface area (Å²) in [4.78, 5) is 0. The molecule has 0 saturated heterocycles. The van der Waals surface area contributed by atoms with E-state index in [0.29, 0.717) is 12.3 Å². The van der Waals surface area contributed by atoms with Crippen molar-refractivity contribution in [2.45, 2.75) is 51.5 Å². The van der Waals surface area contributed by atoms with Gasteiger partial charge >= 0.3 is 0 Å². The van der Waals surface area contributed by atoms with E-state index in [2.05, 4.69) is 19.2 Å². The van der Waals surface area contributed by atoms with Crippen LogP contribution < -0.4 is 15.8 Å². The van der Waals surface area contributed by atoms with Gasteiger partial charge in [0, 0.05) is 11.8 Å². The van der Waals surface area contributed by atoms with Crippen LogP contribution in [-0.4, -0.2) is 23.9 Å². The van der Waals surface area contributed by atoms with Crippen LogP contribution in [0.25, 0.3) is 0 Å². The Kier molecular flexibility index (Phi) is 5.34. The van der Waals surface area contributed by atoms with Crippen LogP contribution in [0.4, 0.5) is 11.4 Å². The first-order valence-corrected chi connectivity index (χ1v) is 8.00. The zero-order valence-corrected chi connectivity index (χ0v) is 13.2. The van der Waals surface area contributed by atoms with Crippen molar-refractivity contribution in [3.63, 3.8) is 0 Å². The highest BCUT2D eigenvalue weighted by molar-refractivity contribution is 5.62. The summed E-state index contributed by atoms with van der Waals surface area (Å²) >= 11 is 0. The number of rotatable bonds is 6. The number of hydrogen-bond acceptors (Lipinski definition) is 4. The summed E-state index contributed by atoms with van der Waals surface area (Å²) < 4.78 is 5.67. The van der Waals surface area contributed by atoms with E-state index in [-0.39, 0.29) is 12.1 Å². The summed E-state index contributed by atoms with van der Waals surface area (Å²) in [7, 11) is 0. The highest BCUT2D eigenvalue weighted by Crippen LogP contribution is 2.35. The molecule has 2 rings (SSSR count). The molecule has 1 aliphatic rings. The highest BCUT2D eigenvalue weighted by Gasteiger charge is 2.33. The van der Waals surface area contributed by atoms with Crippen LogP contribution in [0.1, 0.15) is 46.0 Å². The summed E-state index contributed by atoms with van der Waals surface area (Å²) in [6.07, 6.45) is 5.26. The molecule has 0 unspecified atom stereocenters. The van der Waals surface area contributed by atoms with Crippen LogP contribution in [0.5, 0.6) is 5.75 Å². The molecule has 4 nitrogen and oxygen atoms in total. The minimum absolute atomic E-state index is 0.162. The number of nitrogen functional groups attached to an aromatic ring is 1. The number of ether oxygens (including phenoxy) is 1. The molecule has 0 heterocycles. The molecule has 1 aliphatic carbocycles. The average Bonchev–Trinajstić information content (AvgIpc) is 2.50. The van der Waals surface area contributed by atoms with Crippen LogP contribution in [0.3, 0.4) is 0 Å². The fraction of sp³-hybridized carbons (Fsp3) is 0.647. The van der Waals surface area contributed by atoms with Crippen LogP contribution in [0.15, 0.2) is 18.2 Å². The predicted octanol–water partition coefficient (Wildman–Crippen LogP) is 3.41. The van der Waals surface area contributed by atoms with Gasteiger partial charge in [-0.1, -0.05) is 13.8 Å². The molecule has 118 valence electrons. The maximum Gasteiger partial charge on any atom is 0.144 e. The molecule has 0 aromatic heterocycles. The third-order valence-electron chi connectivity index (χ3n) is 4.42. The van der Waals surface area contributed by atoms with Gasteiger partial charge in [-0.3, -0.25) is 0 Å². The Bertz CT molecular complexity index is 454. The lowest BCUT2D eigenvalue weighted by atomic mass is 9.77. The van der Waals surface area contributed by atoms with Gasteiger partial charge < -0.3 is 20.9 Å². The van der Waals surface area contributed by atoms with Gasteiger partial charge in [-0.2, -0.15) is 0 Å². The van der Waals surface area contributed by atoms with E-state index < -0.39 is 0 Å². The number of aliphatic hydroxyl groups excluding tert-OH is 1. The number of aliphatic hydroxyl groups is 1. The molecular weight excluding hydrogens is 264 g/mol. The van der Waals surface area contributed by atoms with E-state index in [1.807, 2.05) is 18.2 Å². The first kappa shape index (κ1) is 16.0. The Hall–Kier alpha value is -1.42. The lowest BCUT2D eigenvalue weighted by Gasteiger charge is -2.39. The Morgan fingerprint density at radius 3 is 2.71 bits per heavy atom. The topological polar surface area (TPSA) is 67.5 Å². The zero-order chi connectivity index (χ0) is 15.3. The van der Waals surface area contributed by atoms with E-state index in [9.17, 15) is 5.11 Å². The fourth-order valence-electron chi connectivity index (χ4n) is 2.89. The normalized spacial score (nSPS) is 25.6. The second kappa shape index (κ2) is 7.03. The standard InChI is InChI=1S/C17H28N2O2/c1-3-10-21-16-11-14(4-5-15(16)18)19-17(12-20)8-6-13(2)7-9-17/h4-5,11,13,19-20H,3,6-10,12,18H2,1-2H3. The summed E-state index contributed by atoms with van der Waals surface area (Å²) in [5.74, 6) is 1.47. The Labute approximate surface area is 127 Å². The van der Waals surface area contributed by atoms with Crippen LogP contribution >= 0.6 is 0 Å². The van der Waals surface area contributed by atoms with Gasteiger partial charge in [-0.05, 0) is 50.2 Å². The van der Waals surface area contributed by atoms with Crippen molar-refractivity contribution in [3.8, 4) is 5.75 Å². The van der Waals surface area contributed by atoms with E-state index in [0.717, 1.165) is 49.5 Å². The first-order chi connectivity index (χ1) is 10.1. The third kappa shape index (κ3) is 4.03. The number of nitrogens with one attached hydrogen (secondary N) is 1. The molecular formula is C17H28N2O2. The Morgan fingerprint density at radius 2 is 2.10 bits per heavy atom. The highest BCUT2D eigenvalue weighted by atomic mass is 16.5. The van der Waals surface area contributed by atoms with Crippen molar-refractivity contribution < 1.29 is 9.84 Å². The second-order valence-electron chi connectivity index (χ2n) is 6.35. The van der Waals surface area contributed by atoms with E-state index in [4.69, 9.17) is 10.5 Å². The van der Waals surface area contributed by atoms with Crippen LogP contribution in [0, 0.1) is 5.92 Å². The van der Waals surface area contributed by atoms with Crippen molar-refractivity contribution in [3.05, 3.63) is 18.2 Å². The maximum atomic E-state index is 9.84. The summed E-state index contributed by atoms with van der Waals surface area (Å²) in [5, 5.41) is 13.4. The van der Waals surface area contributed by atoms with Crippen molar-refractivity contribution in [1.82, 2.24) is 0 Å². The van der Waals surface area contributed by atoms with Crippen LogP contribution in [0.2, 0.25) is 0 Å². The molecule has 4 N–H and O–H groups in total. The van der Waals surface area contributed by atoms with Crippen LogP contribution in [-0.2, 0) is 0 Å². The lowest BCUT2D eigenvalue weighted by molar-refractivity contribution is 0.155. The Balaban J connectivity index is 2.10. The lowest BCUT2D eigenvalue weighted by Crippen LogP contribution is -2.45. The monoisotopic (exact) mass is 292 g/mol. The quantitative estimate of drug-likeness (QED) is 0.703. The number of anilines is 2. The van der Waals surface area contributed by atoms with Crippen molar-refractivity contribution in [2.24, 2.45) is 5.92 Å². The molecule has 0 atom stereocenters.